The summed E-state index contributed by atoms with van der Waals surface area (Å²) in [5, 5.41) is -1.34. The van der Waals surface area contributed by atoms with Crippen LogP contribution in [-0.4, -0.2) is 36.1 Å². The molecule has 2 heterocycles. The molecule has 24 heavy (non-hydrogen) atoms. The minimum absolute atomic E-state index is 0.118. The highest BCUT2D eigenvalue weighted by atomic mass is 79.9. The average molecular weight is 416 g/mol. The van der Waals surface area contributed by atoms with Gasteiger partial charge in [-0.1, -0.05) is 6.07 Å². The molecular weight excluding hydrogens is 405 g/mol. The highest BCUT2D eigenvalue weighted by Crippen LogP contribution is 2.29. The fourth-order valence-corrected chi connectivity index (χ4v) is 3.16. The van der Waals surface area contributed by atoms with Crippen LogP contribution in [-0.2, 0) is 15.0 Å². The second kappa shape index (κ2) is 6.44. The minimum atomic E-state index is -4.76. The van der Waals surface area contributed by atoms with E-state index in [4.69, 9.17) is 4.74 Å². The van der Waals surface area contributed by atoms with E-state index in [0.29, 0.717) is 15.9 Å². The molecule has 1 aromatic carbocycles. The Morgan fingerprint density at radius 2 is 2.00 bits per heavy atom. The van der Waals surface area contributed by atoms with Crippen LogP contribution in [0, 0.1) is 0 Å². The Labute approximate surface area is 145 Å². The largest absolute Gasteiger partial charge is 0.424 e. The van der Waals surface area contributed by atoms with Crippen molar-refractivity contribution < 1.29 is 21.8 Å². The van der Waals surface area contributed by atoms with Crippen molar-refractivity contribution in [3.05, 3.63) is 41.1 Å². The van der Waals surface area contributed by atoms with Crippen LogP contribution in [0.1, 0.15) is 6.42 Å². The van der Waals surface area contributed by atoms with Crippen LogP contribution >= 0.6 is 15.9 Å². The summed E-state index contributed by atoms with van der Waals surface area (Å²) in [6.07, 6.45) is 2.67. The van der Waals surface area contributed by atoms with E-state index in [1.165, 1.54) is 23.4 Å². The molecule has 0 saturated carbocycles. The quantitative estimate of drug-likeness (QED) is 0.712. The van der Waals surface area contributed by atoms with Crippen molar-refractivity contribution in [1.82, 2.24) is 9.97 Å². The number of benzene rings is 1. The summed E-state index contributed by atoms with van der Waals surface area (Å²) in [5.74, 6) is -0.0903. The standard InChI is InChI=1S/C14H11BrFN3O4S/c15-9-6-17-14(18-7-9)23-11-3-1-2-10(4-11)19-8-12(5-13(19)20)24(16,21)22/h1-4,6-7,12H,5,8H2. The predicted molar refractivity (Wildman–Crippen MR) is 87.0 cm³/mol. The maximum Gasteiger partial charge on any atom is 0.321 e. The van der Waals surface area contributed by atoms with Gasteiger partial charge < -0.3 is 9.64 Å². The lowest BCUT2D eigenvalue weighted by molar-refractivity contribution is -0.117. The monoisotopic (exact) mass is 415 g/mol. The van der Waals surface area contributed by atoms with Crippen LogP contribution in [0.25, 0.3) is 0 Å². The van der Waals surface area contributed by atoms with Gasteiger partial charge in [0.25, 0.3) is 0 Å². The molecule has 3 rings (SSSR count). The number of aromatic nitrogens is 2. The van der Waals surface area contributed by atoms with Gasteiger partial charge in [-0.05, 0) is 28.1 Å². The van der Waals surface area contributed by atoms with E-state index in [2.05, 4.69) is 25.9 Å². The number of rotatable bonds is 4. The first-order valence-corrected chi connectivity index (χ1v) is 9.06. The number of halogens is 2. The fraction of sp³-hybridized carbons (Fsp3) is 0.214. The molecule has 0 spiro atoms. The first kappa shape index (κ1) is 16.8. The highest BCUT2D eigenvalue weighted by molar-refractivity contribution is 9.10. The number of ether oxygens (including phenoxy) is 1. The number of nitrogens with zero attached hydrogens (tertiary/aromatic N) is 3. The zero-order valence-electron chi connectivity index (χ0n) is 12.1. The topological polar surface area (TPSA) is 89.5 Å². The highest BCUT2D eigenvalue weighted by Gasteiger charge is 2.39. The van der Waals surface area contributed by atoms with E-state index in [1.54, 1.807) is 18.2 Å². The Balaban J connectivity index is 1.80. The third kappa shape index (κ3) is 3.70. The van der Waals surface area contributed by atoms with Crippen LogP contribution in [0.2, 0.25) is 0 Å². The van der Waals surface area contributed by atoms with E-state index in [9.17, 15) is 17.1 Å². The molecule has 7 nitrogen and oxygen atoms in total. The molecule has 10 heteroatoms. The number of amides is 1. The van der Waals surface area contributed by atoms with Crippen molar-refractivity contribution in [3.63, 3.8) is 0 Å². The van der Waals surface area contributed by atoms with Gasteiger partial charge in [0, 0.05) is 37.1 Å². The first-order valence-electron chi connectivity index (χ1n) is 6.82. The van der Waals surface area contributed by atoms with E-state index in [-0.39, 0.29) is 19.0 Å². The lowest BCUT2D eigenvalue weighted by atomic mass is 10.3. The summed E-state index contributed by atoms with van der Waals surface area (Å²) in [7, 11) is -4.76. The van der Waals surface area contributed by atoms with E-state index in [1.807, 2.05) is 0 Å². The Kier molecular flexibility index (Phi) is 4.50. The van der Waals surface area contributed by atoms with Crippen LogP contribution in [0.4, 0.5) is 9.57 Å². The van der Waals surface area contributed by atoms with Crippen LogP contribution in [0.5, 0.6) is 11.8 Å². The van der Waals surface area contributed by atoms with Gasteiger partial charge in [-0.15, -0.1) is 3.89 Å². The zero-order chi connectivity index (χ0) is 17.3. The third-order valence-corrected chi connectivity index (χ3v) is 4.94. The van der Waals surface area contributed by atoms with Gasteiger partial charge in [0.05, 0.1) is 4.47 Å². The molecule has 126 valence electrons. The Bertz CT molecular complexity index is 876. The van der Waals surface area contributed by atoms with Crippen molar-refractivity contribution in [2.45, 2.75) is 11.7 Å². The molecule has 1 unspecified atom stereocenters. The Morgan fingerprint density at radius 1 is 1.29 bits per heavy atom. The normalized spacial score (nSPS) is 18.0. The smallest absolute Gasteiger partial charge is 0.321 e. The summed E-state index contributed by atoms with van der Waals surface area (Å²) in [6.45, 7) is -0.226. The molecular formula is C14H11BrFN3O4S. The van der Waals surface area contributed by atoms with E-state index < -0.39 is 21.4 Å². The third-order valence-electron chi connectivity index (χ3n) is 3.42. The van der Waals surface area contributed by atoms with Gasteiger partial charge in [-0.3, -0.25) is 4.79 Å². The van der Waals surface area contributed by atoms with Gasteiger partial charge in [-0.25, -0.2) is 9.97 Å². The van der Waals surface area contributed by atoms with Gasteiger partial charge in [0.15, 0.2) is 0 Å². The molecule has 1 amide bonds. The van der Waals surface area contributed by atoms with E-state index in [0.717, 1.165) is 0 Å². The predicted octanol–water partition coefficient (Wildman–Crippen LogP) is 2.44. The molecule has 0 bridgehead atoms. The summed E-state index contributed by atoms with van der Waals surface area (Å²) < 4.78 is 41.3. The maximum absolute atomic E-state index is 13.1. The van der Waals surface area contributed by atoms with Crippen molar-refractivity contribution in [2.75, 3.05) is 11.4 Å². The SMILES string of the molecule is O=C1CC(S(=O)(=O)F)CN1c1cccc(Oc2ncc(Br)cn2)c1. The van der Waals surface area contributed by atoms with Gasteiger partial charge in [0.2, 0.25) is 5.91 Å². The second-order valence-corrected chi connectivity index (χ2v) is 7.62. The Morgan fingerprint density at radius 3 is 2.62 bits per heavy atom. The fourth-order valence-electron chi connectivity index (χ4n) is 2.29. The maximum atomic E-state index is 13.1. The van der Waals surface area contributed by atoms with Crippen molar-refractivity contribution in [2.24, 2.45) is 0 Å². The molecule has 1 atom stereocenters. The summed E-state index contributed by atoms with van der Waals surface area (Å²) in [5.41, 5.74) is 0.417. The Hall–Kier alpha value is -2.07. The number of carbonyl (C=O) groups is 1. The van der Waals surface area contributed by atoms with Crippen LogP contribution in [0.3, 0.4) is 0 Å². The summed E-state index contributed by atoms with van der Waals surface area (Å²) in [4.78, 5) is 21.1. The molecule has 0 radical (unpaired) electrons. The summed E-state index contributed by atoms with van der Waals surface area (Å²) >= 11 is 3.21. The van der Waals surface area contributed by atoms with Crippen LogP contribution in [0.15, 0.2) is 41.1 Å². The number of hydrogen-bond donors (Lipinski definition) is 0. The molecule has 0 aliphatic carbocycles. The van der Waals surface area contributed by atoms with Crippen molar-refractivity contribution >= 4 is 37.7 Å². The van der Waals surface area contributed by atoms with Gasteiger partial charge in [0.1, 0.15) is 11.0 Å². The lowest BCUT2D eigenvalue weighted by Crippen LogP contribution is -2.26. The van der Waals surface area contributed by atoms with Crippen molar-refractivity contribution in [1.29, 1.82) is 0 Å². The first-order chi connectivity index (χ1) is 11.3. The molecule has 1 aromatic heterocycles. The van der Waals surface area contributed by atoms with E-state index >= 15 is 0 Å². The lowest BCUT2D eigenvalue weighted by Gasteiger charge is -2.16. The van der Waals surface area contributed by atoms with Gasteiger partial charge >= 0.3 is 16.2 Å². The van der Waals surface area contributed by atoms with Crippen molar-refractivity contribution in [3.8, 4) is 11.8 Å². The summed E-state index contributed by atoms with van der Waals surface area (Å²) in [6, 6.07) is 6.54. The number of carbonyl (C=O) groups excluding carboxylic acids is 1. The van der Waals surface area contributed by atoms with Gasteiger partial charge in [-0.2, -0.15) is 8.42 Å². The number of hydrogen-bond acceptors (Lipinski definition) is 6. The number of anilines is 1. The zero-order valence-corrected chi connectivity index (χ0v) is 14.5. The second-order valence-electron chi connectivity index (χ2n) is 5.09. The molecule has 1 fully saturated rings. The molecule has 2 aromatic rings. The minimum Gasteiger partial charge on any atom is -0.424 e. The molecule has 1 aliphatic heterocycles. The molecule has 1 aliphatic rings. The average Bonchev–Trinajstić information content (AvgIpc) is 2.92. The van der Waals surface area contributed by atoms with Crippen LogP contribution < -0.4 is 9.64 Å². The molecule has 0 N–H and O–H groups in total. The molecule has 1 saturated heterocycles.